The van der Waals surface area contributed by atoms with Crippen LogP contribution < -0.4 is 16.7 Å². The van der Waals surface area contributed by atoms with Crippen LogP contribution in [0.5, 0.6) is 0 Å². The number of carbonyl (C=O) groups excluding carboxylic acids is 1. The number of nitrogens with zero attached hydrogens (tertiary/aromatic N) is 2. The molecule has 0 fully saturated rings. The Hall–Kier alpha value is -2.37. The van der Waals surface area contributed by atoms with E-state index < -0.39 is 6.03 Å². The van der Waals surface area contributed by atoms with E-state index in [1.165, 1.54) is 6.33 Å². The number of aromatic nitrogens is 2. The topological polar surface area (TPSA) is 90.0 Å². The minimum absolute atomic E-state index is 0.362. The number of rotatable bonds is 1. The molecule has 2 rings (SSSR count). The van der Waals surface area contributed by atoms with Gasteiger partial charge in [0.25, 0.3) is 5.56 Å². The summed E-state index contributed by atoms with van der Waals surface area (Å²) >= 11 is 0. The molecule has 0 radical (unpaired) electrons. The summed E-state index contributed by atoms with van der Waals surface area (Å²) < 4.78 is 0.949. The molecule has 1 aromatic carbocycles. The fraction of sp³-hybridized carbons (Fsp3) is 0. The number of fused-ring (bicyclic) bond motifs is 1. The zero-order valence-corrected chi connectivity index (χ0v) is 7.68. The number of nitrogens with two attached hydrogens (primary N) is 1. The lowest BCUT2D eigenvalue weighted by molar-refractivity contribution is 0.256. The van der Waals surface area contributed by atoms with Crippen LogP contribution in [0, 0.1) is 0 Å². The highest BCUT2D eigenvalue weighted by Gasteiger charge is 2.03. The smallest absolute Gasteiger partial charge is 0.331 e. The Morgan fingerprint density at radius 2 is 2.13 bits per heavy atom. The van der Waals surface area contributed by atoms with Gasteiger partial charge in [0, 0.05) is 0 Å². The Kier molecular flexibility index (Phi) is 2.09. The molecule has 0 aliphatic carbocycles. The molecule has 1 aromatic heterocycles. The Morgan fingerprint density at radius 1 is 1.40 bits per heavy atom. The number of primary amides is 1. The van der Waals surface area contributed by atoms with Crippen molar-refractivity contribution in [1.29, 1.82) is 0 Å². The second kappa shape index (κ2) is 3.41. The lowest BCUT2D eigenvalue weighted by Crippen LogP contribution is -2.36. The molecule has 1 heterocycles. The number of hydrogen-bond acceptors (Lipinski definition) is 3. The van der Waals surface area contributed by atoms with Crippen LogP contribution in [0.4, 0.5) is 4.79 Å². The normalized spacial score (nSPS) is 10.1. The van der Waals surface area contributed by atoms with Gasteiger partial charge >= 0.3 is 6.03 Å². The molecule has 3 N–H and O–H groups in total. The fourth-order valence-electron chi connectivity index (χ4n) is 1.27. The van der Waals surface area contributed by atoms with Crippen molar-refractivity contribution in [2.24, 2.45) is 5.73 Å². The molecule has 15 heavy (non-hydrogen) atoms. The first-order chi connectivity index (χ1) is 7.18. The van der Waals surface area contributed by atoms with Crippen LogP contribution in [0.15, 0.2) is 35.4 Å². The van der Waals surface area contributed by atoms with Crippen LogP contribution in [-0.2, 0) is 0 Å². The predicted octanol–water partition coefficient (Wildman–Crippen LogP) is 0.0187. The van der Waals surface area contributed by atoms with Crippen LogP contribution in [0.2, 0.25) is 0 Å². The molecule has 2 amide bonds. The SMILES string of the molecule is NC(=O)Nn1cnc2ccccc2c1=O. The van der Waals surface area contributed by atoms with Crippen molar-refractivity contribution in [1.82, 2.24) is 9.66 Å². The van der Waals surface area contributed by atoms with Gasteiger partial charge in [0.15, 0.2) is 0 Å². The maximum atomic E-state index is 11.7. The van der Waals surface area contributed by atoms with E-state index in [1.807, 2.05) is 0 Å². The number of urea groups is 1. The molecule has 0 aliphatic heterocycles. The van der Waals surface area contributed by atoms with Gasteiger partial charge in [-0.25, -0.2) is 19.9 Å². The van der Waals surface area contributed by atoms with E-state index in [0.29, 0.717) is 10.9 Å². The molecule has 76 valence electrons. The van der Waals surface area contributed by atoms with Crippen LogP contribution in [0.3, 0.4) is 0 Å². The highest BCUT2D eigenvalue weighted by Crippen LogP contribution is 2.03. The lowest BCUT2D eigenvalue weighted by atomic mass is 10.2. The van der Waals surface area contributed by atoms with E-state index in [4.69, 9.17) is 5.73 Å². The highest BCUT2D eigenvalue weighted by molar-refractivity contribution is 5.81. The molecule has 2 aromatic rings. The van der Waals surface area contributed by atoms with Gasteiger partial charge in [0.2, 0.25) is 0 Å². The maximum absolute atomic E-state index is 11.7. The molecule has 0 spiro atoms. The first-order valence-corrected chi connectivity index (χ1v) is 4.21. The van der Waals surface area contributed by atoms with E-state index in [-0.39, 0.29) is 5.56 Å². The molecule has 0 saturated carbocycles. The second-order valence-corrected chi connectivity index (χ2v) is 2.91. The molecular weight excluding hydrogens is 196 g/mol. The van der Waals surface area contributed by atoms with Gasteiger partial charge in [0.1, 0.15) is 6.33 Å². The highest BCUT2D eigenvalue weighted by atomic mass is 16.2. The van der Waals surface area contributed by atoms with Crippen molar-refractivity contribution < 1.29 is 4.79 Å². The third-order valence-electron chi connectivity index (χ3n) is 1.90. The third kappa shape index (κ3) is 1.64. The average molecular weight is 204 g/mol. The molecule has 6 heteroatoms. The predicted molar refractivity (Wildman–Crippen MR) is 54.9 cm³/mol. The summed E-state index contributed by atoms with van der Waals surface area (Å²) in [7, 11) is 0. The quantitative estimate of drug-likeness (QED) is 0.686. The summed E-state index contributed by atoms with van der Waals surface area (Å²) in [4.78, 5) is 26.3. The Balaban J connectivity index is 2.65. The minimum atomic E-state index is -0.811. The van der Waals surface area contributed by atoms with E-state index in [1.54, 1.807) is 24.3 Å². The number of benzene rings is 1. The molecule has 0 aliphatic rings. The summed E-state index contributed by atoms with van der Waals surface area (Å²) in [6, 6.07) is 6.03. The number of hydrogen-bond donors (Lipinski definition) is 2. The van der Waals surface area contributed by atoms with Gasteiger partial charge in [-0.2, -0.15) is 0 Å². The van der Waals surface area contributed by atoms with Crippen molar-refractivity contribution in [3.63, 3.8) is 0 Å². The lowest BCUT2D eigenvalue weighted by Gasteiger charge is -2.05. The fourth-order valence-corrected chi connectivity index (χ4v) is 1.27. The number of carbonyl (C=O) groups is 1. The van der Waals surface area contributed by atoms with E-state index in [2.05, 4.69) is 10.4 Å². The first-order valence-electron chi connectivity index (χ1n) is 4.21. The number of amides is 2. The van der Waals surface area contributed by atoms with Crippen molar-refractivity contribution in [3.05, 3.63) is 40.9 Å². The van der Waals surface area contributed by atoms with Crippen molar-refractivity contribution in [2.75, 3.05) is 5.43 Å². The average Bonchev–Trinajstić information content (AvgIpc) is 2.22. The van der Waals surface area contributed by atoms with Crippen molar-refractivity contribution >= 4 is 16.9 Å². The van der Waals surface area contributed by atoms with Gasteiger partial charge in [-0.1, -0.05) is 12.1 Å². The largest absolute Gasteiger partial charge is 0.350 e. The van der Waals surface area contributed by atoms with Crippen LogP contribution in [-0.4, -0.2) is 15.7 Å². The first kappa shape index (κ1) is 9.20. The summed E-state index contributed by atoms with van der Waals surface area (Å²) in [5.41, 5.74) is 7.26. The number of para-hydroxylation sites is 1. The summed E-state index contributed by atoms with van der Waals surface area (Å²) in [6.45, 7) is 0. The van der Waals surface area contributed by atoms with Gasteiger partial charge in [-0.05, 0) is 12.1 Å². The Labute approximate surface area is 84.3 Å². The zero-order chi connectivity index (χ0) is 10.8. The maximum Gasteiger partial charge on any atom is 0.331 e. The Morgan fingerprint density at radius 3 is 2.87 bits per heavy atom. The monoisotopic (exact) mass is 204 g/mol. The minimum Gasteiger partial charge on any atom is -0.350 e. The Bertz CT molecular complexity index is 576. The second-order valence-electron chi connectivity index (χ2n) is 2.91. The summed E-state index contributed by atoms with van der Waals surface area (Å²) in [5, 5.41) is 0.425. The molecule has 0 bridgehead atoms. The van der Waals surface area contributed by atoms with E-state index in [9.17, 15) is 9.59 Å². The summed E-state index contributed by atoms with van der Waals surface area (Å²) in [6.07, 6.45) is 1.22. The third-order valence-corrected chi connectivity index (χ3v) is 1.90. The van der Waals surface area contributed by atoms with Gasteiger partial charge < -0.3 is 5.73 Å². The van der Waals surface area contributed by atoms with Gasteiger partial charge in [-0.15, -0.1) is 0 Å². The van der Waals surface area contributed by atoms with Crippen molar-refractivity contribution in [2.45, 2.75) is 0 Å². The van der Waals surface area contributed by atoms with E-state index >= 15 is 0 Å². The van der Waals surface area contributed by atoms with Crippen molar-refractivity contribution in [3.8, 4) is 0 Å². The standard InChI is InChI=1S/C9H8N4O2/c10-9(15)12-13-5-11-7-4-2-1-3-6(7)8(13)14/h1-5H,(H3,10,12,15). The molecule has 6 nitrogen and oxygen atoms in total. The number of nitrogens with one attached hydrogen (secondary N) is 1. The van der Waals surface area contributed by atoms with Crippen LogP contribution in [0.25, 0.3) is 10.9 Å². The van der Waals surface area contributed by atoms with Crippen LogP contribution in [0.1, 0.15) is 0 Å². The summed E-state index contributed by atoms with van der Waals surface area (Å²) in [5.74, 6) is 0. The molecular formula is C9H8N4O2. The molecule has 0 atom stereocenters. The van der Waals surface area contributed by atoms with Gasteiger partial charge in [-0.3, -0.25) is 4.79 Å². The molecule has 0 saturated heterocycles. The van der Waals surface area contributed by atoms with Crippen LogP contribution >= 0.6 is 0 Å². The van der Waals surface area contributed by atoms with E-state index in [0.717, 1.165) is 4.68 Å². The molecule has 0 unspecified atom stereocenters. The van der Waals surface area contributed by atoms with Gasteiger partial charge in [0.05, 0.1) is 10.9 Å². The zero-order valence-electron chi connectivity index (χ0n) is 7.68.